The fraction of sp³-hybridized carbons (Fsp3) is 0.364. The summed E-state index contributed by atoms with van der Waals surface area (Å²) in [5.74, 6) is 2.12. The molecule has 1 amide bonds. The molecule has 0 bridgehead atoms. The van der Waals surface area contributed by atoms with E-state index in [0.29, 0.717) is 31.4 Å². The van der Waals surface area contributed by atoms with Crippen LogP contribution in [-0.4, -0.2) is 57.7 Å². The fourth-order valence-electron chi connectivity index (χ4n) is 2.40. The number of benzene rings is 2. The lowest BCUT2D eigenvalue weighted by Gasteiger charge is -2.14. The summed E-state index contributed by atoms with van der Waals surface area (Å²) in [5, 5.41) is 6.48. The molecule has 0 spiro atoms. The number of aryl methyl sites for hydroxylation is 1. The van der Waals surface area contributed by atoms with Gasteiger partial charge in [0, 0.05) is 27.7 Å². The number of carbonyl (C=O) groups is 1. The number of guanidine groups is 1. The molecule has 0 saturated carbocycles. The number of rotatable bonds is 9. The van der Waals surface area contributed by atoms with Gasteiger partial charge in [0.2, 0.25) is 0 Å². The molecule has 2 aromatic carbocycles. The Bertz CT molecular complexity index is 810. The van der Waals surface area contributed by atoms with Gasteiger partial charge >= 0.3 is 0 Å². The number of ether oxygens (including phenoxy) is 2. The lowest BCUT2D eigenvalue weighted by atomic mass is 10.2. The third kappa shape index (κ3) is 9.34. The van der Waals surface area contributed by atoms with Gasteiger partial charge in [0.05, 0.1) is 6.54 Å². The molecule has 30 heavy (non-hydrogen) atoms. The van der Waals surface area contributed by atoms with Gasteiger partial charge in [-0.25, -0.2) is 0 Å². The second-order valence-electron chi connectivity index (χ2n) is 6.74. The van der Waals surface area contributed by atoms with Gasteiger partial charge in [-0.15, -0.1) is 24.0 Å². The van der Waals surface area contributed by atoms with Crippen LogP contribution in [0.4, 0.5) is 0 Å². The minimum absolute atomic E-state index is 0. The molecule has 0 aromatic heterocycles. The summed E-state index contributed by atoms with van der Waals surface area (Å²) in [6.07, 6.45) is 0. The molecule has 0 fully saturated rings. The quantitative estimate of drug-likeness (QED) is 0.228. The minimum atomic E-state index is -0.0778. The first kappa shape index (κ1) is 25.5. The number of halogens is 1. The Kier molecular flexibility index (Phi) is 11.7. The van der Waals surface area contributed by atoms with Crippen LogP contribution in [0.3, 0.4) is 0 Å². The van der Waals surface area contributed by atoms with Crippen molar-refractivity contribution in [3.63, 3.8) is 0 Å². The smallest absolute Gasteiger partial charge is 0.259 e. The summed E-state index contributed by atoms with van der Waals surface area (Å²) in [5.41, 5.74) is 2.23. The van der Waals surface area contributed by atoms with Gasteiger partial charge in [-0.05, 0) is 36.8 Å². The van der Waals surface area contributed by atoms with E-state index >= 15 is 0 Å². The Hall–Kier alpha value is -2.49. The number of carbonyl (C=O) groups excluding carboxylic acids is 1. The van der Waals surface area contributed by atoms with E-state index in [1.54, 1.807) is 21.1 Å². The normalized spacial score (nSPS) is 10.6. The van der Waals surface area contributed by atoms with Crippen LogP contribution in [-0.2, 0) is 11.3 Å². The Morgan fingerprint density at radius 2 is 1.77 bits per heavy atom. The van der Waals surface area contributed by atoms with Crippen LogP contribution in [0.25, 0.3) is 0 Å². The van der Waals surface area contributed by atoms with E-state index in [1.165, 1.54) is 10.5 Å². The van der Waals surface area contributed by atoms with Crippen LogP contribution in [0.5, 0.6) is 11.5 Å². The Morgan fingerprint density at radius 3 is 2.43 bits per heavy atom. The number of aliphatic imine (C=N–C) groups is 1. The van der Waals surface area contributed by atoms with E-state index in [4.69, 9.17) is 9.47 Å². The third-order valence-corrected chi connectivity index (χ3v) is 4.13. The van der Waals surface area contributed by atoms with Crippen molar-refractivity contribution in [3.8, 4) is 11.5 Å². The molecule has 0 atom stereocenters. The maximum absolute atomic E-state index is 11.6. The number of hydrogen-bond donors (Lipinski definition) is 2. The first-order chi connectivity index (χ1) is 14.0. The summed E-state index contributed by atoms with van der Waals surface area (Å²) in [6.45, 7) is 3.81. The first-order valence-corrected chi connectivity index (χ1v) is 9.54. The highest BCUT2D eigenvalue weighted by Crippen LogP contribution is 2.13. The zero-order valence-electron chi connectivity index (χ0n) is 18.0. The van der Waals surface area contributed by atoms with Gasteiger partial charge in [-0.3, -0.25) is 9.79 Å². The van der Waals surface area contributed by atoms with Crippen LogP contribution in [0.1, 0.15) is 11.1 Å². The molecule has 0 radical (unpaired) electrons. The highest BCUT2D eigenvalue weighted by Gasteiger charge is 2.05. The monoisotopic (exact) mass is 526 g/mol. The Labute approximate surface area is 195 Å². The summed E-state index contributed by atoms with van der Waals surface area (Å²) >= 11 is 0. The summed E-state index contributed by atoms with van der Waals surface area (Å²) in [7, 11) is 5.13. The number of amides is 1. The fourth-order valence-corrected chi connectivity index (χ4v) is 2.40. The van der Waals surface area contributed by atoms with Gasteiger partial charge in [0.25, 0.3) is 5.91 Å². The van der Waals surface area contributed by atoms with E-state index in [2.05, 4.69) is 15.6 Å². The van der Waals surface area contributed by atoms with E-state index in [9.17, 15) is 4.79 Å². The van der Waals surface area contributed by atoms with Gasteiger partial charge in [0.1, 0.15) is 18.1 Å². The number of nitrogens with zero attached hydrogens (tertiary/aromatic N) is 2. The Balaban J connectivity index is 0.00000450. The highest BCUT2D eigenvalue weighted by atomic mass is 127. The van der Waals surface area contributed by atoms with Crippen molar-refractivity contribution < 1.29 is 14.3 Å². The van der Waals surface area contributed by atoms with Gasteiger partial charge in [0.15, 0.2) is 12.6 Å². The largest absolute Gasteiger partial charge is 0.492 e. The molecule has 8 heteroatoms. The molecule has 0 saturated heterocycles. The lowest BCUT2D eigenvalue weighted by molar-refractivity contribution is -0.130. The molecule has 7 nitrogen and oxygen atoms in total. The van der Waals surface area contributed by atoms with Gasteiger partial charge in [-0.1, -0.05) is 29.8 Å². The molecular weight excluding hydrogens is 495 g/mol. The van der Waals surface area contributed by atoms with Crippen LogP contribution in [0.15, 0.2) is 53.5 Å². The summed E-state index contributed by atoms with van der Waals surface area (Å²) in [6, 6.07) is 15.6. The number of nitrogens with one attached hydrogen (secondary N) is 2. The molecule has 0 aliphatic rings. The standard InChI is InChI=1S/C22H30N4O3.HI/c1-17-8-10-19(11-9-17)28-13-12-24-22(23-2)25-15-18-6-5-7-20(14-18)29-16-21(27)26(3)4;/h5-11,14H,12-13,15-16H2,1-4H3,(H2,23,24,25);1H. The van der Waals surface area contributed by atoms with Crippen molar-refractivity contribution in [2.75, 3.05) is 40.9 Å². The van der Waals surface area contributed by atoms with Crippen molar-refractivity contribution in [1.29, 1.82) is 0 Å². The van der Waals surface area contributed by atoms with Crippen molar-refractivity contribution >= 4 is 35.8 Å². The summed E-state index contributed by atoms with van der Waals surface area (Å²) in [4.78, 5) is 17.4. The molecule has 2 N–H and O–H groups in total. The van der Waals surface area contributed by atoms with Crippen LogP contribution >= 0.6 is 24.0 Å². The molecule has 164 valence electrons. The zero-order chi connectivity index (χ0) is 21.1. The topological polar surface area (TPSA) is 75.2 Å². The Morgan fingerprint density at radius 1 is 1.03 bits per heavy atom. The van der Waals surface area contributed by atoms with Crippen LogP contribution < -0.4 is 20.1 Å². The van der Waals surface area contributed by atoms with E-state index < -0.39 is 0 Å². The lowest BCUT2D eigenvalue weighted by Crippen LogP contribution is -2.38. The zero-order valence-corrected chi connectivity index (χ0v) is 20.3. The van der Waals surface area contributed by atoms with Crippen molar-refractivity contribution in [2.24, 2.45) is 4.99 Å². The molecule has 0 aliphatic carbocycles. The maximum atomic E-state index is 11.6. The van der Waals surface area contributed by atoms with Crippen molar-refractivity contribution in [3.05, 3.63) is 59.7 Å². The molecular formula is C22H31IN4O3. The van der Waals surface area contributed by atoms with Crippen molar-refractivity contribution in [1.82, 2.24) is 15.5 Å². The van der Waals surface area contributed by atoms with Gasteiger partial charge in [-0.2, -0.15) is 0 Å². The van der Waals surface area contributed by atoms with Crippen LogP contribution in [0.2, 0.25) is 0 Å². The van der Waals surface area contributed by atoms with E-state index in [0.717, 1.165) is 11.3 Å². The first-order valence-electron chi connectivity index (χ1n) is 9.54. The second-order valence-corrected chi connectivity index (χ2v) is 6.74. The van der Waals surface area contributed by atoms with E-state index in [1.807, 2.05) is 55.5 Å². The predicted octanol–water partition coefficient (Wildman–Crippen LogP) is 2.82. The number of likely N-dealkylation sites (N-methyl/N-ethyl adjacent to an activating group) is 1. The van der Waals surface area contributed by atoms with E-state index in [-0.39, 0.29) is 36.5 Å². The molecule has 0 unspecified atom stereocenters. The highest BCUT2D eigenvalue weighted by molar-refractivity contribution is 14.0. The SMILES string of the molecule is CN=C(NCCOc1ccc(C)cc1)NCc1cccc(OCC(=O)N(C)C)c1.I. The number of hydrogen-bond acceptors (Lipinski definition) is 4. The maximum Gasteiger partial charge on any atom is 0.259 e. The predicted molar refractivity (Wildman–Crippen MR) is 131 cm³/mol. The molecule has 2 aromatic rings. The molecule has 0 aliphatic heterocycles. The van der Waals surface area contributed by atoms with Crippen LogP contribution in [0, 0.1) is 6.92 Å². The second kappa shape index (κ2) is 13.7. The average molecular weight is 526 g/mol. The third-order valence-electron chi connectivity index (χ3n) is 4.13. The molecule has 2 rings (SSSR count). The summed E-state index contributed by atoms with van der Waals surface area (Å²) < 4.78 is 11.3. The average Bonchev–Trinajstić information content (AvgIpc) is 2.73. The van der Waals surface area contributed by atoms with Crippen molar-refractivity contribution in [2.45, 2.75) is 13.5 Å². The molecule has 0 heterocycles. The minimum Gasteiger partial charge on any atom is -0.492 e. The van der Waals surface area contributed by atoms with Gasteiger partial charge < -0.3 is 25.0 Å².